The second kappa shape index (κ2) is 5.65. The van der Waals surface area contributed by atoms with Crippen molar-refractivity contribution in [3.05, 3.63) is 0 Å². The summed E-state index contributed by atoms with van der Waals surface area (Å²) in [6.07, 6.45) is 6.21. The van der Waals surface area contributed by atoms with Gasteiger partial charge in [0.2, 0.25) is 0 Å². The quantitative estimate of drug-likeness (QED) is 0.649. The Morgan fingerprint density at radius 3 is 2.50 bits per heavy atom. The lowest BCUT2D eigenvalue weighted by Gasteiger charge is -2.21. The van der Waals surface area contributed by atoms with Gasteiger partial charge in [-0.2, -0.15) is 8.42 Å². The molecule has 0 amide bonds. The van der Waals surface area contributed by atoms with Gasteiger partial charge < -0.3 is 4.74 Å². The van der Waals surface area contributed by atoms with Crippen LogP contribution < -0.4 is 9.86 Å². The summed E-state index contributed by atoms with van der Waals surface area (Å²) in [7, 11) is -3.56. The highest BCUT2D eigenvalue weighted by Crippen LogP contribution is 2.19. The van der Waals surface area contributed by atoms with Gasteiger partial charge in [0.15, 0.2) is 0 Å². The van der Waals surface area contributed by atoms with Crippen LogP contribution in [0, 0.1) is 0 Å². The Morgan fingerprint density at radius 2 is 1.93 bits per heavy atom. The lowest BCUT2D eigenvalue weighted by molar-refractivity contribution is 0.0321. The molecule has 14 heavy (non-hydrogen) atoms. The summed E-state index contributed by atoms with van der Waals surface area (Å²) in [5.74, 6) is 0. The highest BCUT2D eigenvalue weighted by molar-refractivity contribution is 7.87. The maximum atomic E-state index is 10.5. The van der Waals surface area contributed by atoms with Gasteiger partial charge in [0.25, 0.3) is 10.2 Å². The molecule has 1 saturated carbocycles. The van der Waals surface area contributed by atoms with Crippen molar-refractivity contribution in [3.8, 4) is 0 Å². The van der Waals surface area contributed by atoms with Gasteiger partial charge in [-0.1, -0.05) is 19.3 Å². The van der Waals surface area contributed by atoms with E-state index in [4.69, 9.17) is 9.88 Å². The largest absolute Gasteiger partial charge is 0.377 e. The maximum absolute atomic E-state index is 10.5. The first kappa shape index (κ1) is 11.9. The SMILES string of the molecule is NS(=O)(=O)NCCOC1CCCCC1. The van der Waals surface area contributed by atoms with Gasteiger partial charge in [0, 0.05) is 6.54 Å². The van der Waals surface area contributed by atoms with Crippen molar-refractivity contribution < 1.29 is 13.2 Å². The molecule has 0 spiro atoms. The number of nitrogens with one attached hydrogen (secondary N) is 1. The summed E-state index contributed by atoms with van der Waals surface area (Å²) in [5, 5.41) is 4.76. The molecule has 0 aliphatic heterocycles. The molecule has 0 aromatic carbocycles. The van der Waals surface area contributed by atoms with Crippen molar-refractivity contribution in [2.45, 2.75) is 38.2 Å². The van der Waals surface area contributed by atoms with Crippen molar-refractivity contribution in [2.24, 2.45) is 5.14 Å². The first-order chi connectivity index (χ1) is 6.58. The summed E-state index contributed by atoms with van der Waals surface area (Å²) < 4.78 is 28.7. The average molecular weight is 222 g/mol. The van der Waals surface area contributed by atoms with Crippen LogP contribution in [0.25, 0.3) is 0 Å². The Kier molecular flexibility index (Phi) is 4.80. The van der Waals surface area contributed by atoms with E-state index in [2.05, 4.69) is 4.72 Å². The number of rotatable bonds is 5. The van der Waals surface area contributed by atoms with E-state index in [9.17, 15) is 8.42 Å². The van der Waals surface area contributed by atoms with E-state index in [1.54, 1.807) is 0 Å². The fraction of sp³-hybridized carbons (Fsp3) is 1.00. The van der Waals surface area contributed by atoms with Crippen LogP contribution in [0.1, 0.15) is 32.1 Å². The van der Waals surface area contributed by atoms with E-state index in [0.717, 1.165) is 12.8 Å². The molecule has 0 atom stereocenters. The second-order valence-electron chi connectivity index (χ2n) is 3.57. The molecular formula is C8H18N2O3S. The second-order valence-corrected chi connectivity index (χ2v) is 4.95. The molecule has 84 valence electrons. The topological polar surface area (TPSA) is 81.4 Å². The fourth-order valence-corrected chi connectivity index (χ4v) is 2.01. The number of hydrogen-bond donors (Lipinski definition) is 2. The van der Waals surface area contributed by atoms with E-state index in [1.165, 1.54) is 19.3 Å². The number of nitrogens with two attached hydrogens (primary N) is 1. The number of hydrogen-bond acceptors (Lipinski definition) is 3. The van der Waals surface area contributed by atoms with Crippen LogP contribution in [0.2, 0.25) is 0 Å². The van der Waals surface area contributed by atoms with E-state index >= 15 is 0 Å². The van der Waals surface area contributed by atoms with Crippen LogP contribution in [0.5, 0.6) is 0 Å². The van der Waals surface area contributed by atoms with Crippen molar-refractivity contribution in [2.75, 3.05) is 13.2 Å². The zero-order valence-electron chi connectivity index (χ0n) is 8.24. The molecule has 0 aromatic heterocycles. The smallest absolute Gasteiger partial charge is 0.274 e. The van der Waals surface area contributed by atoms with Gasteiger partial charge in [-0.05, 0) is 12.8 Å². The fourth-order valence-electron chi connectivity index (χ4n) is 1.64. The van der Waals surface area contributed by atoms with Crippen LogP contribution in [0.4, 0.5) is 0 Å². The molecule has 0 unspecified atom stereocenters. The summed E-state index contributed by atoms with van der Waals surface area (Å²) in [6, 6.07) is 0. The van der Waals surface area contributed by atoms with Gasteiger partial charge in [-0.3, -0.25) is 0 Å². The molecule has 3 N–H and O–H groups in total. The van der Waals surface area contributed by atoms with E-state index in [1.807, 2.05) is 0 Å². The third-order valence-electron chi connectivity index (χ3n) is 2.31. The van der Waals surface area contributed by atoms with Crippen LogP contribution in [0.15, 0.2) is 0 Å². The monoisotopic (exact) mass is 222 g/mol. The summed E-state index contributed by atoms with van der Waals surface area (Å²) in [5.41, 5.74) is 0. The van der Waals surface area contributed by atoms with Crippen molar-refractivity contribution >= 4 is 10.2 Å². The van der Waals surface area contributed by atoms with Crippen LogP contribution in [-0.4, -0.2) is 27.7 Å². The molecular weight excluding hydrogens is 204 g/mol. The molecule has 0 bridgehead atoms. The predicted octanol–water partition coefficient (Wildman–Crippen LogP) is 0.129. The van der Waals surface area contributed by atoms with Crippen LogP contribution in [-0.2, 0) is 14.9 Å². The summed E-state index contributed by atoms with van der Waals surface area (Å²) in [4.78, 5) is 0. The minimum absolute atomic E-state index is 0.259. The highest BCUT2D eigenvalue weighted by Gasteiger charge is 2.13. The first-order valence-electron chi connectivity index (χ1n) is 4.97. The normalized spacial score (nSPS) is 19.8. The van der Waals surface area contributed by atoms with Crippen LogP contribution >= 0.6 is 0 Å². The Bertz CT molecular complexity index is 247. The van der Waals surface area contributed by atoms with Crippen molar-refractivity contribution in [3.63, 3.8) is 0 Å². The van der Waals surface area contributed by atoms with Gasteiger partial charge in [0.05, 0.1) is 12.7 Å². The van der Waals surface area contributed by atoms with Crippen molar-refractivity contribution in [1.82, 2.24) is 4.72 Å². The van der Waals surface area contributed by atoms with Gasteiger partial charge in [-0.15, -0.1) is 0 Å². The zero-order valence-corrected chi connectivity index (χ0v) is 9.05. The highest BCUT2D eigenvalue weighted by atomic mass is 32.2. The molecule has 1 aliphatic rings. The lowest BCUT2D eigenvalue weighted by Crippen LogP contribution is -2.34. The lowest BCUT2D eigenvalue weighted by atomic mass is 9.98. The zero-order chi connectivity index (χ0) is 10.4. The molecule has 0 heterocycles. The molecule has 0 saturated heterocycles. The molecule has 5 nitrogen and oxygen atoms in total. The molecule has 0 radical (unpaired) electrons. The Morgan fingerprint density at radius 1 is 1.29 bits per heavy atom. The Balaban J connectivity index is 2.03. The average Bonchev–Trinajstić information content (AvgIpc) is 2.13. The minimum Gasteiger partial charge on any atom is -0.377 e. The summed E-state index contributed by atoms with van der Waals surface area (Å²) in [6.45, 7) is 0.663. The minimum atomic E-state index is -3.56. The third-order valence-corrected chi connectivity index (χ3v) is 2.92. The summed E-state index contributed by atoms with van der Waals surface area (Å²) >= 11 is 0. The van der Waals surface area contributed by atoms with E-state index < -0.39 is 10.2 Å². The van der Waals surface area contributed by atoms with Gasteiger partial charge >= 0.3 is 0 Å². The molecule has 6 heteroatoms. The molecule has 1 fully saturated rings. The van der Waals surface area contributed by atoms with E-state index in [0.29, 0.717) is 12.7 Å². The maximum Gasteiger partial charge on any atom is 0.274 e. The Hall–Kier alpha value is -0.170. The number of ether oxygens (including phenoxy) is 1. The molecule has 1 aliphatic carbocycles. The van der Waals surface area contributed by atoms with Crippen LogP contribution in [0.3, 0.4) is 0 Å². The molecule has 1 rings (SSSR count). The van der Waals surface area contributed by atoms with Gasteiger partial charge in [-0.25, -0.2) is 9.86 Å². The third kappa shape index (κ3) is 5.54. The predicted molar refractivity (Wildman–Crippen MR) is 53.9 cm³/mol. The van der Waals surface area contributed by atoms with Gasteiger partial charge in [0.1, 0.15) is 0 Å². The van der Waals surface area contributed by atoms with E-state index in [-0.39, 0.29) is 6.54 Å². The standard InChI is InChI=1S/C8H18N2O3S/c9-14(11,12)10-6-7-13-8-4-2-1-3-5-8/h8,10H,1-7H2,(H2,9,11,12). The Labute approximate surface area is 85.2 Å². The first-order valence-corrected chi connectivity index (χ1v) is 6.51. The van der Waals surface area contributed by atoms with Crippen molar-refractivity contribution in [1.29, 1.82) is 0 Å². The molecule has 0 aromatic rings.